The lowest BCUT2D eigenvalue weighted by Gasteiger charge is -1.75. The molecule has 6 heavy (non-hydrogen) atoms. The maximum absolute atomic E-state index is 3.79. The van der Waals surface area contributed by atoms with Crippen molar-refractivity contribution >= 4 is 26.8 Å². The molecule has 0 atom stereocenters. The molecular formula is C4H6IN. The Morgan fingerprint density at radius 1 is 2.00 bits per heavy atom. The van der Waals surface area contributed by atoms with Crippen LogP contribution in [0.15, 0.2) is 17.3 Å². The average molecular weight is 195 g/mol. The monoisotopic (exact) mass is 195 g/mol. The number of halogens is 1. The molecule has 34 valence electrons. The average Bonchev–Trinajstić information content (AvgIpc) is 1.35. The quantitative estimate of drug-likeness (QED) is 0.448. The first-order chi connectivity index (χ1) is 2.77. The SMILES string of the molecule is C=C(C)N=CI. The van der Waals surface area contributed by atoms with Crippen LogP contribution in [-0.2, 0) is 0 Å². The molecule has 0 aromatic heterocycles. The summed E-state index contributed by atoms with van der Waals surface area (Å²) in [6.07, 6.45) is 0. The number of hydrogen-bond donors (Lipinski definition) is 0. The summed E-state index contributed by atoms with van der Waals surface area (Å²) in [5.41, 5.74) is 0.851. The van der Waals surface area contributed by atoms with E-state index in [4.69, 9.17) is 0 Å². The molecule has 0 radical (unpaired) electrons. The van der Waals surface area contributed by atoms with Gasteiger partial charge in [-0.3, -0.25) is 4.99 Å². The predicted molar refractivity (Wildman–Crippen MR) is 37.3 cm³/mol. The van der Waals surface area contributed by atoms with E-state index in [0.29, 0.717) is 0 Å². The van der Waals surface area contributed by atoms with Gasteiger partial charge in [0.2, 0.25) is 0 Å². The van der Waals surface area contributed by atoms with Crippen LogP contribution < -0.4 is 0 Å². The second-order valence-corrected chi connectivity index (χ2v) is 1.52. The summed E-state index contributed by atoms with van der Waals surface area (Å²) in [6.45, 7) is 5.40. The Hall–Kier alpha value is 0.140. The van der Waals surface area contributed by atoms with Crippen LogP contribution in [0, 0.1) is 0 Å². The molecule has 0 spiro atoms. The molecule has 0 saturated carbocycles. The molecule has 1 nitrogen and oxygen atoms in total. The Balaban J connectivity index is 3.30. The maximum atomic E-state index is 3.79. The van der Waals surface area contributed by atoms with Gasteiger partial charge in [-0.2, -0.15) is 0 Å². The van der Waals surface area contributed by atoms with Crippen LogP contribution in [0.25, 0.3) is 0 Å². The van der Waals surface area contributed by atoms with Crippen molar-refractivity contribution in [2.75, 3.05) is 0 Å². The summed E-state index contributed by atoms with van der Waals surface area (Å²) in [5, 5.41) is 0. The first kappa shape index (κ1) is 6.14. The molecule has 0 fully saturated rings. The Morgan fingerprint density at radius 2 is 2.50 bits per heavy atom. The van der Waals surface area contributed by atoms with Gasteiger partial charge in [-0.05, 0) is 29.5 Å². The maximum Gasteiger partial charge on any atom is 0.0654 e. The zero-order chi connectivity index (χ0) is 4.99. The van der Waals surface area contributed by atoms with Gasteiger partial charge in [-0.15, -0.1) is 0 Å². The van der Waals surface area contributed by atoms with Crippen molar-refractivity contribution in [1.82, 2.24) is 0 Å². The van der Waals surface area contributed by atoms with Crippen molar-refractivity contribution in [3.05, 3.63) is 12.3 Å². The normalized spacial score (nSPS) is 9.67. The van der Waals surface area contributed by atoms with E-state index in [9.17, 15) is 0 Å². The fraction of sp³-hybridized carbons (Fsp3) is 0.250. The van der Waals surface area contributed by atoms with E-state index >= 15 is 0 Å². The van der Waals surface area contributed by atoms with E-state index < -0.39 is 0 Å². The van der Waals surface area contributed by atoms with Crippen LogP contribution >= 0.6 is 22.6 Å². The lowest BCUT2D eigenvalue weighted by Crippen LogP contribution is -1.57. The largest absolute Gasteiger partial charge is 0.256 e. The predicted octanol–water partition coefficient (Wildman–Crippen LogP) is 1.98. The fourth-order valence-corrected chi connectivity index (χ4v) is 0.559. The van der Waals surface area contributed by atoms with Gasteiger partial charge < -0.3 is 0 Å². The highest BCUT2D eigenvalue weighted by molar-refractivity contribution is 14.1. The number of allylic oxidation sites excluding steroid dienone is 1. The van der Waals surface area contributed by atoms with Crippen LogP contribution in [0.2, 0.25) is 0 Å². The van der Waals surface area contributed by atoms with E-state index in [-0.39, 0.29) is 0 Å². The molecule has 0 aromatic rings. The van der Waals surface area contributed by atoms with Crippen molar-refractivity contribution in [2.24, 2.45) is 4.99 Å². The number of rotatable bonds is 1. The molecular weight excluding hydrogens is 189 g/mol. The Bertz CT molecular complexity index is 75.6. The summed E-state index contributed by atoms with van der Waals surface area (Å²) in [4.78, 5) is 3.79. The lowest BCUT2D eigenvalue weighted by atomic mass is 10.6. The molecule has 0 unspecified atom stereocenters. The second-order valence-electron chi connectivity index (χ2n) is 0.962. The second kappa shape index (κ2) is 3.33. The molecule has 0 aliphatic heterocycles. The minimum atomic E-state index is 0.851. The summed E-state index contributed by atoms with van der Waals surface area (Å²) < 4.78 is 1.69. The number of nitrogens with zero attached hydrogens (tertiary/aromatic N) is 1. The van der Waals surface area contributed by atoms with E-state index in [2.05, 4.69) is 34.2 Å². The molecule has 0 amide bonds. The van der Waals surface area contributed by atoms with Crippen LogP contribution in [0.4, 0.5) is 0 Å². The fourth-order valence-electron chi connectivity index (χ4n) is 0.0833. The first-order valence-electron chi connectivity index (χ1n) is 1.55. The van der Waals surface area contributed by atoms with Crippen molar-refractivity contribution < 1.29 is 0 Å². The van der Waals surface area contributed by atoms with E-state index in [1.54, 1.807) is 4.22 Å². The van der Waals surface area contributed by atoms with Crippen LogP contribution in [0.3, 0.4) is 0 Å². The highest BCUT2D eigenvalue weighted by Gasteiger charge is 1.64. The smallest absolute Gasteiger partial charge is 0.0654 e. The molecule has 0 aliphatic rings. The molecule has 0 aliphatic carbocycles. The van der Waals surface area contributed by atoms with Gasteiger partial charge in [0, 0.05) is 5.70 Å². The summed E-state index contributed by atoms with van der Waals surface area (Å²) in [5.74, 6) is 0. The van der Waals surface area contributed by atoms with Crippen LogP contribution in [-0.4, -0.2) is 4.22 Å². The zero-order valence-corrected chi connectivity index (χ0v) is 5.77. The molecule has 0 saturated heterocycles. The molecule has 2 heteroatoms. The van der Waals surface area contributed by atoms with E-state index in [1.165, 1.54) is 0 Å². The molecule has 0 N–H and O–H groups in total. The van der Waals surface area contributed by atoms with E-state index in [0.717, 1.165) is 5.70 Å². The van der Waals surface area contributed by atoms with Crippen molar-refractivity contribution in [3.8, 4) is 0 Å². The van der Waals surface area contributed by atoms with Crippen LogP contribution in [0.5, 0.6) is 0 Å². The van der Waals surface area contributed by atoms with Gasteiger partial charge in [0.1, 0.15) is 0 Å². The minimum absolute atomic E-state index is 0.851. The number of hydrogen-bond acceptors (Lipinski definition) is 1. The van der Waals surface area contributed by atoms with Gasteiger partial charge >= 0.3 is 0 Å². The van der Waals surface area contributed by atoms with Gasteiger partial charge in [-0.1, -0.05) is 6.58 Å². The summed E-state index contributed by atoms with van der Waals surface area (Å²) >= 11 is 2.05. The summed E-state index contributed by atoms with van der Waals surface area (Å²) in [6, 6.07) is 0. The third-order valence-electron chi connectivity index (χ3n) is 0.269. The van der Waals surface area contributed by atoms with Gasteiger partial charge in [0.25, 0.3) is 0 Å². The highest BCUT2D eigenvalue weighted by Crippen LogP contribution is 1.86. The van der Waals surface area contributed by atoms with Gasteiger partial charge in [-0.25, -0.2) is 0 Å². The third-order valence-corrected chi connectivity index (χ3v) is 0.548. The molecule has 0 bridgehead atoms. The zero-order valence-electron chi connectivity index (χ0n) is 3.61. The van der Waals surface area contributed by atoms with Crippen molar-refractivity contribution in [2.45, 2.75) is 6.92 Å². The molecule has 0 aromatic carbocycles. The Labute approximate surface area is 51.3 Å². The number of aliphatic imine (C=N–C) groups is 1. The van der Waals surface area contributed by atoms with E-state index in [1.807, 2.05) is 6.92 Å². The third kappa shape index (κ3) is 4.14. The summed E-state index contributed by atoms with van der Waals surface area (Å²) in [7, 11) is 0. The van der Waals surface area contributed by atoms with Crippen molar-refractivity contribution in [3.63, 3.8) is 0 Å². The Kier molecular flexibility index (Phi) is 3.41. The topological polar surface area (TPSA) is 12.4 Å². The Morgan fingerprint density at radius 3 is 2.50 bits per heavy atom. The van der Waals surface area contributed by atoms with Gasteiger partial charge in [0.15, 0.2) is 0 Å². The van der Waals surface area contributed by atoms with Crippen molar-refractivity contribution in [1.29, 1.82) is 0 Å². The molecule has 0 rings (SSSR count). The standard InChI is InChI=1S/C4H6IN/c1-4(2)6-3-5/h3H,1H2,2H3. The minimum Gasteiger partial charge on any atom is -0.256 e. The highest BCUT2D eigenvalue weighted by atomic mass is 127. The van der Waals surface area contributed by atoms with Crippen LogP contribution in [0.1, 0.15) is 6.92 Å². The first-order valence-corrected chi connectivity index (χ1v) is 2.80. The lowest BCUT2D eigenvalue weighted by molar-refractivity contribution is 1.35. The molecule has 0 heterocycles. The van der Waals surface area contributed by atoms with Gasteiger partial charge in [0.05, 0.1) is 4.22 Å².